The van der Waals surface area contributed by atoms with Crippen LogP contribution in [0.25, 0.3) is 0 Å². The van der Waals surface area contributed by atoms with Crippen molar-refractivity contribution in [3.05, 3.63) is 30.3 Å². The second-order valence-corrected chi connectivity index (χ2v) is 5.33. The van der Waals surface area contributed by atoms with E-state index in [1.807, 2.05) is 42.2 Å². The quantitative estimate of drug-likeness (QED) is 0.910. The van der Waals surface area contributed by atoms with Crippen LogP contribution in [0.1, 0.15) is 26.2 Å². The number of rotatable bonds is 4. The van der Waals surface area contributed by atoms with Crippen LogP contribution < -0.4 is 10.2 Å². The molecule has 1 N–H and O–H groups in total. The van der Waals surface area contributed by atoms with Crippen LogP contribution in [-0.4, -0.2) is 31.3 Å². The van der Waals surface area contributed by atoms with E-state index >= 15 is 0 Å². The monoisotopic (exact) mass is 286 g/mol. The molecular formula is C15H21F3N2. The van der Waals surface area contributed by atoms with Gasteiger partial charge in [0, 0.05) is 18.8 Å². The number of hydrogen-bond acceptors (Lipinski definition) is 2. The normalized spacial score (nSPS) is 19.1. The van der Waals surface area contributed by atoms with E-state index in [1.54, 1.807) is 0 Å². The van der Waals surface area contributed by atoms with Gasteiger partial charge in [-0.05, 0) is 37.9 Å². The number of benzene rings is 1. The highest BCUT2D eigenvalue weighted by Crippen LogP contribution is 2.39. The van der Waals surface area contributed by atoms with Crippen molar-refractivity contribution in [1.29, 1.82) is 0 Å². The summed E-state index contributed by atoms with van der Waals surface area (Å²) >= 11 is 0. The molecule has 0 amide bonds. The van der Waals surface area contributed by atoms with Gasteiger partial charge < -0.3 is 10.2 Å². The number of nitrogens with zero attached hydrogens (tertiary/aromatic N) is 1. The third kappa shape index (κ3) is 3.08. The van der Waals surface area contributed by atoms with Crippen molar-refractivity contribution in [2.24, 2.45) is 0 Å². The molecule has 2 nitrogen and oxygen atoms in total. The summed E-state index contributed by atoms with van der Waals surface area (Å²) in [6.45, 7) is 3.15. The Morgan fingerprint density at radius 1 is 1.15 bits per heavy atom. The third-order valence-electron chi connectivity index (χ3n) is 3.99. The Labute approximate surface area is 118 Å². The molecule has 1 aromatic rings. The predicted octanol–water partition coefficient (Wildman–Crippen LogP) is 3.59. The van der Waals surface area contributed by atoms with E-state index in [0.29, 0.717) is 26.1 Å². The zero-order valence-corrected chi connectivity index (χ0v) is 11.7. The minimum absolute atomic E-state index is 0.103. The highest BCUT2D eigenvalue weighted by molar-refractivity contribution is 5.46. The van der Waals surface area contributed by atoms with E-state index < -0.39 is 11.7 Å². The van der Waals surface area contributed by atoms with Crippen molar-refractivity contribution in [2.75, 3.05) is 24.5 Å². The second kappa shape index (κ2) is 6.04. The van der Waals surface area contributed by atoms with Crippen molar-refractivity contribution in [3.8, 4) is 0 Å². The lowest BCUT2D eigenvalue weighted by molar-refractivity contribution is -0.202. The van der Waals surface area contributed by atoms with E-state index in [9.17, 15) is 13.2 Å². The zero-order valence-electron chi connectivity index (χ0n) is 11.7. The second-order valence-electron chi connectivity index (χ2n) is 5.33. The Morgan fingerprint density at radius 2 is 1.75 bits per heavy atom. The molecule has 0 spiro atoms. The molecule has 0 radical (unpaired) electrons. The Balaban J connectivity index is 2.06. The van der Waals surface area contributed by atoms with Crippen LogP contribution in [0.15, 0.2) is 30.3 Å². The molecule has 5 heteroatoms. The number of para-hydroxylation sites is 1. The molecule has 1 heterocycles. The van der Waals surface area contributed by atoms with Crippen molar-refractivity contribution >= 4 is 5.69 Å². The van der Waals surface area contributed by atoms with Crippen LogP contribution in [0.3, 0.4) is 0 Å². The highest BCUT2D eigenvalue weighted by Gasteiger charge is 2.55. The van der Waals surface area contributed by atoms with Gasteiger partial charge >= 0.3 is 6.18 Å². The summed E-state index contributed by atoms with van der Waals surface area (Å²) in [6, 6.07) is 9.63. The maximum atomic E-state index is 13.4. The van der Waals surface area contributed by atoms with Gasteiger partial charge in [-0.2, -0.15) is 13.2 Å². The number of alkyl halides is 3. The summed E-state index contributed by atoms with van der Waals surface area (Å²) in [5.74, 6) is 0. The van der Waals surface area contributed by atoms with E-state index in [0.717, 1.165) is 5.69 Å². The molecule has 0 aliphatic carbocycles. The molecule has 1 saturated heterocycles. The molecule has 0 atom stereocenters. The van der Waals surface area contributed by atoms with Crippen LogP contribution >= 0.6 is 0 Å². The Bertz CT molecular complexity index is 409. The molecular weight excluding hydrogens is 265 g/mol. The first-order valence-corrected chi connectivity index (χ1v) is 7.10. The molecule has 112 valence electrons. The Kier molecular flexibility index (Phi) is 4.58. The van der Waals surface area contributed by atoms with Crippen molar-refractivity contribution in [3.63, 3.8) is 0 Å². The summed E-state index contributed by atoms with van der Waals surface area (Å²) in [5.41, 5.74) is -0.715. The van der Waals surface area contributed by atoms with Gasteiger partial charge in [0.1, 0.15) is 5.54 Å². The van der Waals surface area contributed by atoms with Crippen LogP contribution in [0, 0.1) is 0 Å². The summed E-state index contributed by atoms with van der Waals surface area (Å²) in [6.07, 6.45) is -3.28. The van der Waals surface area contributed by atoms with Crippen molar-refractivity contribution in [2.45, 2.75) is 37.9 Å². The minimum atomic E-state index is -4.19. The zero-order chi connectivity index (χ0) is 14.6. The van der Waals surface area contributed by atoms with Gasteiger partial charge in [-0.3, -0.25) is 0 Å². The molecule has 1 fully saturated rings. The largest absolute Gasteiger partial charge is 0.406 e. The summed E-state index contributed by atoms with van der Waals surface area (Å²) in [5, 5.41) is 2.75. The molecule has 0 bridgehead atoms. The maximum absolute atomic E-state index is 13.4. The number of anilines is 1. The molecule has 1 aliphatic heterocycles. The summed E-state index contributed by atoms with van der Waals surface area (Å²) in [4.78, 5) is 2.03. The third-order valence-corrected chi connectivity index (χ3v) is 3.99. The van der Waals surface area contributed by atoms with Gasteiger partial charge in [0.25, 0.3) is 0 Å². The van der Waals surface area contributed by atoms with Gasteiger partial charge in [-0.25, -0.2) is 0 Å². The van der Waals surface area contributed by atoms with E-state index in [4.69, 9.17) is 0 Å². The SMILES string of the molecule is CCCNC1(C(F)(F)F)CCN(c2ccccc2)CC1. The van der Waals surface area contributed by atoms with Crippen molar-refractivity contribution < 1.29 is 13.2 Å². The molecule has 20 heavy (non-hydrogen) atoms. The van der Waals surface area contributed by atoms with Crippen LogP contribution in [0.5, 0.6) is 0 Å². The van der Waals surface area contributed by atoms with Crippen LogP contribution in [-0.2, 0) is 0 Å². The lowest BCUT2D eigenvalue weighted by atomic mass is 9.86. The lowest BCUT2D eigenvalue weighted by Crippen LogP contribution is -2.62. The summed E-state index contributed by atoms with van der Waals surface area (Å²) < 4.78 is 40.1. The average Bonchev–Trinajstić information content (AvgIpc) is 2.45. The lowest BCUT2D eigenvalue weighted by Gasteiger charge is -2.44. The molecule has 0 saturated carbocycles. The summed E-state index contributed by atoms with van der Waals surface area (Å²) in [7, 11) is 0. The standard InChI is InChI=1S/C15H21F3N2/c1-2-10-19-14(15(16,17)18)8-11-20(12-9-14)13-6-4-3-5-7-13/h3-7,19H,2,8-12H2,1H3. The van der Waals surface area contributed by atoms with E-state index in [-0.39, 0.29) is 12.8 Å². The van der Waals surface area contributed by atoms with E-state index in [1.165, 1.54) is 0 Å². The molecule has 1 aromatic carbocycles. The van der Waals surface area contributed by atoms with Gasteiger partial charge in [-0.15, -0.1) is 0 Å². The van der Waals surface area contributed by atoms with E-state index in [2.05, 4.69) is 5.32 Å². The van der Waals surface area contributed by atoms with Crippen molar-refractivity contribution in [1.82, 2.24) is 5.32 Å². The highest BCUT2D eigenvalue weighted by atomic mass is 19.4. The fourth-order valence-corrected chi connectivity index (χ4v) is 2.71. The molecule has 2 rings (SSSR count). The Morgan fingerprint density at radius 3 is 2.25 bits per heavy atom. The first-order chi connectivity index (χ1) is 9.48. The number of hydrogen-bond donors (Lipinski definition) is 1. The van der Waals surface area contributed by atoms with Gasteiger partial charge in [0.05, 0.1) is 0 Å². The van der Waals surface area contributed by atoms with Gasteiger partial charge in [0.2, 0.25) is 0 Å². The minimum Gasteiger partial charge on any atom is -0.371 e. The number of halogens is 3. The van der Waals surface area contributed by atoms with Crippen LogP contribution in [0.4, 0.5) is 18.9 Å². The van der Waals surface area contributed by atoms with Gasteiger partial charge in [0.15, 0.2) is 0 Å². The van der Waals surface area contributed by atoms with Gasteiger partial charge in [-0.1, -0.05) is 25.1 Å². The first kappa shape index (κ1) is 15.2. The fourth-order valence-electron chi connectivity index (χ4n) is 2.71. The molecule has 1 aliphatic rings. The number of piperidine rings is 1. The average molecular weight is 286 g/mol. The fraction of sp³-hybridized carbons (Fsp3) is 0.600. The topological polar surface area (TPSA) is 15.3 Å². The van der Waals surface area contributed by atoms with Crippen LogP contribution in [0.2, 0.25) is 0 Å². The number of nitrogens with one attached hydrogen (secondary N) is 1. The first-order valence-electron chi connectivity index (χ1n) is 7.10. The predicted molar refractivity (Wildman–Crippen MR) is 75.0 cm³/mol. The smallest absolute Gasteiger partial charge is 0.371 e. The maximum Gasteiger partial charge on any atom is 0.406 e. The molecule has 0 aromatic heterocycles. The Hall–Kier alpha value is -1.23. The molecule has 0 unspecified atom stereocenters.